The Kier molecular flexibility index (Phi) is 23.0. The van der Waals surface area contributed by atoms with Gasteiger partial charge in [-0.1, -0.05) is 71.7 Å². The van der Waals surface area contributed by atoms with Gasteiger partial charge in [-0.3, -0.25) is 9.13 Å². The number of hydrogen-bond donors (Lipinski definition) is 4. The Morgan fingerprint density at radius 1 is 0.833 bits per heavy atom. The zero-order valence-electron chi connectivity index (χ0n) is 20.3. The molecule has 3 aromatic carbocycles. The zero-order valence-corrected chi connectivity index (χ0v) is 24.5. The summed E-state index contributed by atoms with van der Waals surface area (Å²) < 4.78 is 56.7. The molecule has 42 heavy (non-hydrogen) atoms. The van der Waals surface area contributed by atoms with Crippen molar-refractivity contribution in [1.82, 2.24) is 0 Å². The van der Waals surface area contributed by atoms with Crippen LogP contribution in [0.4, 0.5) is 8.78 Å². The van der Waals surface area contributed by atoms with E-state index in [1.165, 1.54) is 30.0 Å². The van der Waals surface area contributed by atoms with Gasteiger partial charge in [0.05, 0.1) is 6.61 Å². The first-order valence-electron chi connectivity index (χ1n) is 11.5. The molecule has 3 rings (SSSR count). The van der Waals surface area contributed by atoms with Crippen LogP contribution in [0, 0.1) is 0 Å². The normalized spacial score (nSPS) is 11.3. The number of thioether (sulfide) groups is 1. The molecule has 0 saturated carbocycles. The second kappa shape index (κ2) is 20.7. The first-order chi connectivity index (χ1) is 17.7. The molecule has 0 heterocycles. The van der Waals surface area contributed by atoms with Gasteiger partial charge in [-0.25, -0.2) is 0 Å². The zero-order chi connectivity index (χ0) is 28.1. The van der Waals surface area contributed by atoms with Crippen molar-refractivity contribution in [1.29, 1.82) is 0 Å². The van der Waals surface area contributed by atoms with Gasteiger partial charge in [-0.05, 0) is 46.9 Å². The van der Waals surface area contributed by atoms with Gasteiger partial charge < -0.3 is 24.3 Å². The van der Waals surface area contributed by atoms with E-state index < -0.39 is 26.4 Å². The molecule has 0 unspecified atom stereocenters. The quantitative estimate of drug-likeness (QED) is 0.124. The summed E-state index contributed by atoms with van der Waals surface area (Å²) >= 11 is 4.51. The van der Waals surface area contributed by atoms with E-state index in [0.29, 0.717) is 29.2 Å². The van der Waals surface area contributed by atoms with Crippen LogP contribution in [-0.4, -0.2) is 144 Å². The molecule has 214 valence electrons. The Morgan fingerprint density at radius 3 is 1.90 bits per heavy atom. The molecule has 0 atom stereocenters. The van der Waals surface area contributed by atoms with Gasteiger partial charge in [0.25, 0.3) is 0 Å². The Morgan fingerprint density at radius 2 is 1.38 bits per heavy atom. The van der Waals surface area contributed by atoms with E-state index in [2.05, 4.69) is 15.9 Å². The van der Waals surface area contributed by atoms with Crippen molar-refractivity contribution in [2.45, 2.75) is 36.9 Å². The molecular weight excluding hydrogens is 716 g/mol. The average Bonchev–Trinajstić information content (AvgIpc) is 2.83. The molecule has 0 radical (unpaired) electrons. The number of unbranched alkanes of at least 4 members (excludes halogenated alkanes) is 1. The SMILES string of the molecule is CCCCOc1ccc(-c2ccc(CSCc3ccc(C(F)(F)P(=O)(O)O)c(Br)c3)cc2)cc1P(=O)(O)O.[NaH].[NaH].[NaH].[NaH]. The standard InChI is InChI=1S/C25H27BrF2O7P2S.4Na.4H/c1-2-3-12-35-23-11-9-20(14-24(23)36(29,30)31)19-7-4-17(5-8-19)15-38-16-18-6-10-21(22(26)13-18)25(27,28)37(32,33)34;;;;;;;;/h4-11,13-14H,2-3,12,15-16H2,1H3,(H2,29,30,31)(H2,32,33,34);;;;;;;;. The molecule has 3 aromatic rings. The van der Waals surface area contributed by atoms with Crippen molar-refractivity contribution < 1.29 is 42.2 Å². The third kappa shape index (κ3) is 13.2. The molecule has 0 saturated heterocycles. The van der Waals surface area contributed by atoms with Gasteiger partial charge in [0, 0.05) is 21.5 Å². The van der Waals surface area contributed by atoms with Crippen molar-refractivity contribution in [3.05, 3.63) is 81.8 Å². The summed E-state index contributed by atoms with van der Waals surface area (Å²) in [6.07, 6.45) is 1.67. The second-order valence-electron chi connectivity index (χ2n) is 8.52. The fourth-order valence-corrected chi connectivity index (χ4v) is 6.52. The van der Waals surface area contributed by atoms with Crippen LogP contribution >= 0.6 is 42.9 Å². The molecule has 0 aliphatic heterocycles. The van der Waals surface area contributed by atoms with Gasteiger partial charge in [0.15, 0.2) is 0 Å². The summed E-state index contributed by atoms with van der Waals surface area (Å²) in [7, 11) is -10.2. The fraction of sp³-hybridized carbons (Fsp3) is 0.280. The molecule has 0 bridgehead atoms. The van der Waals surface area contributed by atoms with Crippen molar-refractivity contribution >= 4 is 166 Å². The van der Waals surface area contributed by atoms with Crippen LogP contribution in [0.25, 0.3) is 11.1 Å². The number of rotatable bonds is 12. The number of ether oxygens (including phenoxy) is 1. The Bertz CT molecular complexity index is 1380. The summed E-state index contributed by atoms with van der Waals surface area (Å²) in [6, 6.07) is 16.1. The molecule has 0 aliphatic carbocycles. The molecule has 17 heteroatoms. The van der Waals surface area contributed by atoms with Crippen molar-refractivity contribution in [3.63, 3.8) is 0 Å². The molecule has 0 aromatic heterocycles. The van der Waals surface area contributed by atoms with E-state index in [0.717, 1.165) is 30.0 Å². The van der Waals surface area contributed by atoms with Gasteiger partial charge in [-0.2, -0.15) is 20.5 Å². The van der Waals surface area contributed by atoms with E-state index in [1.807, 2.05) is 31.2 Å². The average molecular weight is 747 g/mol. The fourth-order valence-electron chi connectivity index (χ4n) is 3.50. The van der Waals surface area contributed by atoms with E-state index >= 15 is 0 Å². The van der Waals surface area contributed by atoms with E-state index in [4.69, 9.17) is 14.5 Å². The Hall–Kier alpha value is 2.45. The molecule has 0 amide bonds. The predicted molar refractivity (Wildman–Crippen MR) is 178 cm³/mol. The first kappa shape index (κ1) is 46.6. The van der Waals surface area contributed by atoms with E-state index in [1.54, 1.807) is 12.1 Å². The first-order valence-corrected chi connectivity index (χ1v) is 16.6. The molecule has 0 spiro atoms. The summed E-state index contributed by atoms with van der Waals surface area (Å²) in [5.74, 6) is 1.26. The number of alkyl halides is 2. The van der Waals surface area contributed by atoms with Crippen molar-refractivity contribution in [2.75, 3.05) is 6.61 Å². The van der Waals surface area contributed by atoms with Crippen LogP contribution < -0.4 is 10.0 Å². The number of benzene rings is 3. The third-order valence-corrected chi connectivity index (χ3v) is 9.26. The summed E-state index contributed by atoms with van der Waals surface area (Å²) in [6.45, 7) is 2.37. The van der Waals surface area contributed by atoms with Crippen LogP contribution in [0.3, 0.4) is 0 Å². The molecule has 0 fully saturated rings. The van der Waals surface area contributed by atoms with Crippen LogP contribution in [-0.2, 0) is 26.3 Å². The van der Waals surface area contributed by atoms with Gasteiger partial charge in [0.2, 0.25) is 0 Å². The second-order valence-corrected chi connectivity index (χ2v) is 13.6. The summed E-state index contributed by atoms with van der Waals surface area (Å²) in [5.41, 5.74) is -1.94. The minimum absolute atomic E-state index is 0. The van der Waals surface area contributed by atoms with Crippen LogP contribution in [0.1, 0.15) is 36.5 Å². The monoisotopic (exact) mass is 746 g/mol. The Balaban J connectivity index is 0. The van der Waals surface area contributed by atoms with E-state index in [-0.39, 0.29) is 134 Å². The van der Waals surface area contributed by atoms with E-state index in [9.17, 15) is 27.7 Å². The minimum atomic E-state index is -5.65. The third-order valence-electron chi connectivity index (χ3n) is 5.58. The molecule has 4 N–H and O–H groups in total. The maximum absolute atomic E-state index is 14.0. The van der Waals surface area contributed by atoms with Crippen LogP contribution in [0.15, 0.2) is 65.1 Å². The van der Waals surface area contributed by atoms with Gasteiger partial charge >= 0.3 is 139 Å². The van der Waals surface area contributed by atoms with Gasteiger partial charge in [0.1, 0.15) is 11.1 Å². The Labute approximate surface area is 345 Å². The summed E-state index contributed by atoms with van der Waals surface area (Å²) in [4.78, 5) is 37.5. The molecule has 7 nitrogen and oxygen atoms in total. The van der Waals surface area contributed by atoms with Crippen LogP contribution in [0.5, 0.6) is 5.75 Å². The topological polar surface area (TPSA) is 124 Å². The molecular formula is C25H31BrF2Na4O7P2S. The van der Waals surface area contributed by atoms with Crippen LogP contribution in [0.2, 0.25) is 0 Å². The number of hydrogen-bond acceptors (Lipinski definition) is 4. The van der Waals surface area contributed by atoms with Gasteiger partial charge in [-0.15, -0.1) is 0 Å². The van der Waals surface area contributed by atoms with Crippen molar-refractivity contribution in [3.8, 4) is 16.9 Å². The number of halogens is 3. The summed E-state index contributed by atoms with van der Waals surface area (Å²) in [5, 5.41) is -0.151. The predicted octanol–water partition coefficient (Wildman–Crippen LogP) is 4.16. The van der Waals surface area contributed by atoms with Crippen molar-refractivity contribution in [2.24, 2.45) is 0 Å². The molecule has 0 aliphatic rings. The maximum atomic E-state index is 14.0.